The van der Waals surface area contributed by atoms with Gasteiger partial charge in [0.25, 0.3) is 0 Å². The highest BCUT2D eigenvalue weighted by atomic mass is 79.9. The van der Waals surface area contributed by atoms with E-state index in [1.807, 2.05) is 0 Å². The molecule has 0 saturated carbocycles. The highest BCUT2D eigenvalue weighted by Crippen LogP contribution is 2.22. The van der Waals surface area contributed by atoms with E-state index in [-0.39, 0.29) is 0 Å². The molecule has 3 N–H and O–H groups in total. The van der Waals surface area contributed by atoms with E-state index in [1.54, 1.807) is 0 Å². The van der Waals surface area contributed by atoms with E-state index in [4.69, 9.17) is 17.3 Å². The van der Waals surface area contributed by atoms with Gasteiger partial charge in [0.2, 0.25) is 0 Å². The average molecular weight is 196 g/mol. The number of aromatic nitrogens is 2. The lowest BCUT2D eigenvalue weighted by molar-refractivity contribution is 1.07. The topological polar surface area (TPSA) is 54.7 Å². The summed E-state index contributed by atoms with van der Waals surface area (Å²) in [4.78, 5) is 0. The van der Waals surface area contributed by atoms with Crippen LogP contribution in [0, 0.1) is 0 Å². The summed E-state index contributed by atoms with van der Waals surface area (Å²) >= 11 is 8.52. The summed E-state index contributed by atoms with van der Waals surface area (Å²) in [7, 11) is 0. The van der Waals surface area contributed by atoms with Crippen molar-refractivity contribution < 1.29 is 0 Å². The Balaban J connectivity index is 3.19. The SMILES string of the molecule is Nc1c(Br)n[nH]c1Cl. The zero-order chi connectivity index (χ0) is 6.15. The molecule has 0 aromatic carbocycles. The monoisotopic (exact) mass is 195 g/mol. The number of nitrogens with two attached hydrogens (primary N) is 1. The minimum Gasteiger partial charge on any atom is -0.394 e. The molecular formula is C3H3BrClN3. The quantitative estimate of drug-likeness (QED) is 0.659. The third kappa shape index (κ3) is 0.809. The van der Waals surface area contributed by atoms with E-state index in [2.05, 4.69) is 26.1 Å². The summed E-state index contributed by atoms with van der Waals surface area (Å²) in [6, 6.07) is 0. The van der Waals surface area contributed by atoms with Crippen LogP contribution >= 0.6 is 27.5 Å². The molecule has 0 atom stereocenters. The first-order valence-corrected chi connectivity index (χ1v) is 3.03. The molecule has 0 fully saturated rings. The zero-order valence-electron chi connectivity index (χ0n) is 3.78. The average Bonchev–Trinajstić information content (AvgIpc) is 1.98. The van der Waals surface area contributed by atoms with Crippen LogP contribution in [0.4, 0.5) is 5.69 Å². The molecule has 0 aliphatic rings. The number of rotatable bonds is 0. The number of halogens is 2. The molecule has 3 nitrogen and oxygen atoms in total. The lowest BCUT2D eigenvalue weighted by Crippen LogP contribution is -1.81. The number of hydrogen-bond acceptors (Lipinski definition) is 2. The molecule has 0 saturated heterocycles. The van der Waals surface area contributed by atoms with Crippen LogP contribution in [-0.2, 0) is 0 Å². The Morgan fingerprint density at radius 2 is 2.38 bits per heavy atom. The Bertz CT molecular complexity index is 177. The predicted octanol–water partition coefficient (Wildman–Crippen LogP) is 1.41. The second-order valence-corrected chi connectivity index (χ2v) is 2.37. The summed E-state index contributed by atoms with van der Waals surface area (Å²) in [5.41, 5.74) is 5.78. The highest BCUT2D eigenvalue weighted by molar-refractivity contribution is 9.10. The van der Waals surface area contributed by atoms with Gasteiger partial charge in [-0.25, -0.2) is 0 Å². The van der Waals surface area contributed by atoms with Gasteiger partial charge < -0.3 is 5.73 Å². The number of nitrogen functional groups attached to an aromatic ring is 1. The molecular weight excluding hydrogens is 193 g/mol. The van der Waals surface area contributed by atoms with Crippen molar-refractivity contribution in [1.82, 2.24) is 10.2 Å². The maximum Gasteiger partial charge on any atom is 0.152 e. The fourth-order valence-electron chi connectivity index (χ4n) is 0.309. The van der Waals surface area contributed by atoms with E-state index in [9.17, 15) is 0 Å². The van der Waals surface area contributed by atoms with Crippen molar-refractivity contribution in [2.75, 3.05) is 5.73 Å². The summed E-state index contributed by atoms with van der Waals surface area (Å²) in [6.07, 6.45) is 0. The maximum atomic E-state index is 5.46. The van der Waals surface area contributed by atoms with Gasteiger partial charge in [0.05, 0.1) is 0 Å². The van der Waals surface area contributed by atoms with E-state index in [0.717, 1.165) is 0 Å². The lowest BCUT2D eigenvalue weighted by atomic mass is 10.6. The number of nitrogens with zero attached hydrogens (tertiary/aromatic N) is 1. The summed E-state index contributed by atoms with van der Waals surface area (Å²) in [5, 5.41) is 6.50. The highest BCUT2D eigenvalue weighted by Gasteiger charge is 2.01. The first-order valence-electron chi connectivity index (χ1n) is 1.86. The first kappa shape index (κ1) is 5.91. The lowest BCUT2D eigenvalue weighted by Gasteiger charge is -1.80. The Kier molecular flexibility index (Phi) is 1.44. The zero-order valence-corrected chi connectivity index (χ0v) is 6.12. The van der Waals surface area contributed by atoms with Gasteiger partial charge in [0.1, 0.15) is 10.8 Å². The van der Waals surface area contributed by atoms with Crippen molar-refractivity contribution in [1.29, 1.82) is 0 Å². The Labute approximate surface area is 59.3 Å². The van der Waals surface area contributed by atoms with Crippen molar-refractivity contribution in [2.24, 2.45) is 0 Å². The molecule has 1 rings (SSSR count). The molecule has 0 aliphatic carbocycles. The number of aromatic amines is 1. The summed E-state index contributed by atoms with van der Waals surface area (Å²) in [5.74, 6) is 0. The van der Waals surface area contributed by atoms with Crippen LogP contribution in [-0.4, -0.2) is 10.2 Å². The fourth-order valence-corrected chi connectivity index (χ4v) is 0.842. The molecule has 0 radical (unpaired) electrons. The molecule has 0 bridgehead atoms. The van der Waals surface area contributed by atoms with Gasteiger partial charge in [-0.1, -0.05) is 11.6 Å². The largest absolute Gasteiger partial charge is 0.394 e. The van der Waals surface area contributed by atoms with Gasteiger partial charge in [0.15, 0.2) is 4.60 Å². The Hall–Kier alpha value is -0.220. The molecule has 8 heavy (non-hydrogen) atoms. The summed E-state index contributed by atoms with van der Waals surface area (Å²) < 4.78 is 0.558. The van der Waals surface area contributed by atoms with Crippen molar-refractivity contribution >= 4 is 33.2 Å². The third-order valence-electron chi connectivity index (χ3n) is 0.711. The standard InChI is InChI=1S/C3H3BrClN3/c4-2-1(6)3(5)8-7-2/h6H2,(H,7,8). The smallest absolute Gasteiger partial charge is 0.152 e. The van der Waals surface area contributed by atoms with Gasteiger partial charge in [-0.2, -0.15) is 5.10 Å². The third-order valence-corrected chi connectivity index (χ3v) is 1.60. The number of hydrogen-bond donors (Lipinski definition) is 2. The molecule has 0 spiro atoms. The second kappa shape index (κ2) is 1.95. The van der Waals surface area contributed by atoms with E-state index >= 15 is 0 Å². The molecule has 1 aromatic rings. The summed E-state index contributed by atoms with van der Waals surface area (Å²) in [6.45, 7) is 0. The van der Waals surface area contributed by atoms with Crippen molar-refractivity contribution in [3.05, 3.63) is 9.76 Å². The second-order valence-electron chi connectivity index (χ2n) is 1.24. The molecule has 44 valence electrons. The van der Waals surface area contributed by atoms with Crippen LogP contribution in [0.15, 0.2) is 4.60 Å². The van der Waals surface area contributed by atoms with Crippen molar-refractivity contribution in [2.45, 2.75) is 0 Å². The number of H-pyrrole nitrogens is 1. The van der Waals surface area contributed by atoms with Crippen LogP contribution in [0.5, 0.6) is 0 Å². The van der Waals surface area contributed by atoms with Crippen molar-refractivity contribution in [3.63, 3.8) is 0 Å². The molecule has 5 heteroatoms. The normalized spacial score (nSPS) is 9.75. The molecule has 0 aliphatic heterocycles. The van der Waals surface area contributed by atoms with Crippen LogP contribution < -0.4 is 5.73 Å². The molecule has 1 heterocycles. The van der Waals surface area contributed by atoms with Crippen LogP contribution in [0.2, 0.25) is 5.15 Å². The molecule has 1 aromatic heterocycles. The van der Waals surface area contributed by atoms with E-state index in [0.29, 0.717) is 15.4 Å². The minimum absolute atomic E-state index is 0.372. The number of nitrogens with one attached hydrogen (secondary N) is 1. The molecule has 0 unspecified atom stereocenters. The van der Waals surface area contributed by atoms with Gasteiger partial charge in [-0.15, -0.1) is 0 Å². The van der Waals surface area contributed by atoms with E-state index in [1.165, 1.54) is 0 Å². The van der Waals surface area contributed by atoms with Gasteiger partial charge in [0, 0.05) is 0 Å². The molecule has 0 amide bonds. The van der Waals surface area contributed by atoms with Gasteiger partial charge in [-0.05, 0) is 15.9 Å². The predicted molar refractivity (Wildman–Crippen MR) is 35.7 cm³/mol. The van der Waals surface area contributed by atoms with Crippen molar-refractivity contribution in [3.8, 4) is 0 Å². The van der Waals surface area contributed by atoms with Gasteiger partial charge in [-0.3, -0.25) is 5.10 Å². The maximum absolute atomic E-state index is 5.46. The van der Waals surface area contributed by atoms with Crippen LogP contribution in [0.1, 0.15) is 0 Å². The van der Waals surface area contributed by atoms with Crippen LogP contribution in [0.25, 0.3) is 0 Å². The van der Waals surface area contributed by atoms with Crippen LogP contribution in [0.3, 0.4) is 0 Å². The Morgan fingerprint density at radius 1 is 1.75 bits per heavy atom. The Morgan fingerprint density at radius 3 is 2.50 bits per heavy atom. The minimum atomic E-state index is 0.372. The fraction of sp³-hybridized carbons (Fsp3) is 0. The van der Waals surface area contributed by atoms with Gasteiger partial charge >= 0.3 is 0 Å². The van der Waals surface area contributed by atoms with E-state index < -0.39 is 0 Å². The number of anilines is 1. The first-order chi connectivity index (χ1) is 3.72.